The lowest BCUT2D eigenvalue weighted by Crippen LogP contribution is -2.39. The van der Waals surface area contributed by atoms with Crippen molar-refractivity contribution in [2.24, 2.45) is 17.8 Å². The predicted octanol–water partition coefficient (Wildman–Crippen LogP) is 2.68. The molecule has 2 aliphatic rings. The molecule has 0 radical (unpaired) electrons. The molecular formula is C16H19NO2. The highest BCUT2D eigenvalue weighted by Gasteiger charge is 2.43. The molecule has 3 rings (SSSR count). The number of hydrogen-bond donors (Lipinski definition) is 1. The summed E-state index contributed by atoms with van der Waals surface area (Å²) in [6, 6.07) is 3.64. The Hall–Kier alpha value is -1.48. The van der Waals surface area contributed by atoms with Crippen molar-refractivity contribution in [1.29, 1.82) is 0 Å². The zero-order valence-electron chi connectivity index (χ0n) is 11.0. The van der Waals surface area contributed by atoms with E-state index >= 15 is 0 Å². The van der Waals surface area contributed by atoms with E-state index in [9.17, 15) is 9.90 Å². The molecule has 2 saturated carbocycles. The third-order valence-corrected chi connectivity index (χ3v) is 4.50. The van der Waals surface area contributed by atoms with Crippen LogP contribution in [0.1, 0.15) is 37.4 Å². The minimum absolute atomic E-state index is 0.213. The summed E-state index contributed by atoms with van der Waals surface area (Å²) in [5, 5.41) is 10.5. The van der Waals surface area contributed by atoms with Gasteiger partial charge in [0.25, 0.3) is 0 Å². The van der Waals surface area contributed by atoms with Crippen molar-refractivity contribution >= 4 is 5.78 Å². The predicted molar refractivity (Wildman–Crippen MR) is 72.3 cm³/mol. The van der Waals surface area contributed by atoms with E-state index < -0.39 is 6.10 Å². The second kappa shape index (κ2) is 4.89. The van der Waals surface area contributed by atoms with Gasteiger partial charge in [0.1, 0.15) is 5.78 Å². The highest BCUT2D eigenvalue weighted by Crippen LogP contribution is 2.47. The Morgan fingerprint density at radius 2 is 2.21 bits per heavy atom. The van der Waals surface area contributed by atoms with Crippen molar-refractivity contribution in [3.8, 4) is 0 Å². The van der Waals surface area contributed by atoms with Crippen LogP contribution < -0.4 is 0 Å². The van der Waals surface area contributed by atoms with Gasteiger partial charge in [-0.2, -0.15) is 0 Å². The summed E-state index contributed by atoms with van der Waals surface area (Å²) >= 11 is 0. The Morgan fingerprint density at radius 3 is 2.95 bits per heavy atom. The third-order valence-electron chi connectivity index (χ3n) is 4.50. The number of ketones is 1. The van der Waals surface area contributed by atoms with Crippen LogP contribution in [0.5, 0.6) is 0 Å². The normalized spacial score (nSPS) is 32.2. The van der Waals surface area contributed by atoms with E-state index in [0.717, 1.165) is 24.8 Å². The van der Waals surface area contributed by atoms with Gasteiger partial charge in [0.05, 0.1) is 12.0 Å². The maximum atomic E-state index is 12.3. The summed E-state index contributed by atoms with van der Waals surface area (Å²) in [7, 11) is 0. The van der Waals surface area contributed by atoms with Gasteiger partial charge >= 0.3 is 0 Å². The molecule has 2 bridgehead atoms. The van der Waals surface area contributed by atoms with Crippen LogP contribution >= 0.6 is 0 Å². The van der Waals surface area contributed by atoms with E-state index in [-0.39, 0.29) is 17.6 Å². The minimum atomic E-state index is -0.724. The average Bonchev–Trinajstić information content (AvgIpc) is 2.38. The number of aromatic nitrogens is 1. The smallest absolute Gasteiger partial charge is 0.139 e. The lowest BCUT2D eigenvalue weighted by atomic mass is 9.63. The fourth-order valence-electron chi connectivity index (χ4n) is 3.76. The molecule has 0 aliphatic heterocycles. The molecule has 19 heavy (non-hydrogen) atoms. The SMILES string of the molecule is C=C1CC2C[C@@H](C1)CC(=O)[C@H]2[C@H](O)c1cccnc1. The Morgan fingerprint density at radius 1 is 1.37 bits per heavy atom. The van der Waals surface area contributed by atoms with E-state index in [1.54, 1.807) is 18.5 Å². The van der Waals surface area contributed by atoms with E-state index in [0.29, 0.717) is 12.3 Å². The van der Waals surface area contributed by atoms with Gasteiger partial charge in [-0.1, -0.05) is 18.2 Å². The Kier molecular flexibility index (Phi) is 3.23. The molecule has 1 N–H and O–H groups in total. The summed E-state index contributed by atoms with van der Waals surface area (Å²) in [6.07, 6.45) is 6.11. The first kappa shape index (κ1) is 12.5. The first-order chi connectivity index (χ1) is 9.15. The molecule has 1 unspecified atom stereocenters. The summed E-state index contributed by atoms with van der Waals surface area (Å²) in [5.41, 5.74) is 1.98. The van der Waals surface area contributed by atoms with Crippen LogP contribution in [0, 0.1) is 17.8 Å². The topological polar surface area (TPSA) is 50.2 Å². The maximum absolute atomic E-state index is 12.3. The minimum Gasteiger partial charge on any atom is -0.388 e. The van der Waals surface area contributed by atoms with Crippen LogP contribution in [0.15, 0.2) is 36.7 Å². The summed E-state index contributed by atoms with van der Waals surface area (Å²) in [6.45, 7) is 4.08. The largest absolute Gasteiger partial charge is 0.388 e. The highest BCUT2D eigenvalue weighted by molar-refractivity contribution is 5.83. The third kappa shape index (κ3) is 2.35. The second-order valence-corrected chi connectivity index (χ2v) is 5.95. The summed E-state index contributed by atoms with van der Waals surface area (Å²) in [4.78, 5) is 16.4. The van der Waals surface area contributed by atoms with Crippen molar-refractivity contribution in [1.82, 2.24) is 4.98 Å². The number of aliphatic hydroxyl groups is 1. The van der Waals surface area contributed by atoms with E-state index in [4.69, 9.17) is 0 Å². The van der Waals surface area contributed by atoms with Gasteiger partial charge in [-0.25, -0.2) is 0 Å². The molecular weight excluding hydrogens is 238 g/mol. The molecule has 0 spiro atoms. The number of fused-ring (bicyclic) bond motifs is 2. The van der Waals surface area contributed by atoms with Crippen molar-refractivity contribution in [3.63, 3.8) is 0 Å². The van der Waals surface area contributed by atoms with Crippen LogP contribution in [-0.4, -0.2) is 15.9 Å². The van der Waals surface area contributed by atoms with Gasteiger partial charge in [0.2, 0.25) is 0 Å². The molecule has 3 heteroatoms. The fourth-order valence-corrected chi connectivity index (χ4v) is 3.76. The van der Waals surface area contributed by atoms with Crippen molar-refractivity contribution in [2.75, 3.05) is 0 Å². The molecule has 1 aromatic heterocycles. The van der Waals surface area contributed by atoms with Gasteiger partial charge in [-0.3, -0.25) is 9.78 Å². The molecule has 1 heterocycles. The molecule has 2 fully saturated rings. The standard InChI is InChI=1S/C16H19NO2/c1-10-5-11-7-13(6-10)15(14(18)8-11)16(19)12-3-2-4-17-9-12/h2-4,9,11,13,15-16,19H,1,5-8H2/t11-,13?,15+,16-/m1/s1. The number of rotatable bonds is 2. The number of hydrogen-bond acceptors (Lipinski definition) is 3. The first-order valence-corrected chi connectivity index (χ1v) is 6.92. The van der Waals surface area contributed by atoms with Crippen LogP contribution in [0.3, 0.4) is 0 Å². The van der Waals surface area contributed by atoms with Crippen LogP contribution in [0.25, 0.3) is 0 Å². The molecule has 0 amide bonds. The van der Waals surface area contributed by atoms with Crippen molar-refractivity contribution in [3.05, 3.63) is 42.2 Å². The van der Waals surface area contributed by atoms with Crippen LogP contribution in [0.2, 0.25) is 0 Å². The Labute approximate surface area is 113 Å². The number of pyridine rings is 1. The summed E-state index contributed by atoms with van der Waals surface area (Å²) in [5.74, 6) is 0.640. The highest BCUT2D eigenvalue weighted by atomic mass is 16.3. The molecule has 3 nitrogen and oxygen atoms in total. The fraction of sp³-hybridized carbons (Fsp3) is 0.500. The monoisotopic (exact) mass is 257 g/mol. The Bertz CT molecular complexity index is 497. The number of aliphatic hydroxyl groups excluding tert-OH is 1. The molecule has 100 valence electrons. The van der Waals surface area contributed by atoms with Gasteiger partial charge in [-0.05, 0) is 42.7 Å². The zero-order valence-corrected chi connectivity index (χ0v) is 11.0. The first-order valence-electron chi connectivity index (χ1n) is 6.92. The second-order valence-electron chi connectivity index (χ2n) is 5.95. The molecule has 4 atom stereocenters. The van der Waals surface area contributed by atoms with Gasteiger partial charge in [0, 0.05) is 18.8 Å². The van der Waals surface area contributed by atoms with E-state index in [1.807, 2.05) is 6.07 Å². The maximum Gasteiger partial charge on any atom is 0.139 e. The summed E-state index contributed by atoms with van der Waals surface area (Å²) < 4.78 is 0. The molecule has 2 aliphatic carbocycles. The molecule has 0 aromatic carbocycles. The average molecular weight is 257 g/mol. The van der Waals surface area contributed by atoms with E-state index in [2.05, 4.69) is 11.6 Å². The van der Waals surface area contributed by atoms with Crippen molar-refractivity contribution < 1.29 is 9.90 Å². The number of carbonyl (C=O) groups is 1. The lowest BCUT2D eigenvalue weighted by molar-refractivity contribution is -0.134. The zero-order chi connectivity index (χ0) is 13.4. The number of nitrogens with zero attached hydrogens (tertiary/aromatic N) is 1. The van der Waals surface area contributed by atoms with Crippen LogP contribution in [-0.2, 0) is 4.79 Å². The molecule has 0 saturated heterocycles. The number of carbonyl (C=O) groups excluding carboxylic acids is 1. The molecule has 1 aromatic rings. The van der Waals surface area contributed by atoms with Gasteiger partial charge in [-0.15, -0.1) is 0 Å². The number of Topliss-reactive ketones (excluding diaryl/α,β-unsaturated/α-hetero) is 1. The van der Waals surface area contributed by atoms with Gasteiger partial charge < -0.3 is 5.11 Å². The Balaban J connectivity index is 1.86. The van der Waals surface area contributed by atoms with E-state index in [1.165, 1.54) is 5.57 Å². The van der Waals surface area contributed by atoms with Crippen molar-refractivity contribution in [2.45, 2.75) is 31.8 Å². The number of allylic oxidation sites excluding steroid dienone is 1. The van der Waals surface area contributed by atoms with Gasteiger partial charge in [0.15, 0.2) is 0 Å². The van der Waals surface area contributed by atoms with Crippen LogP contribution in [0.4, 0.5) is 0 Å². The lowest BCUT2D eigenvalue weighted by Gasteiger charge is -2.41. The quantitative estimate of drug-likeness (QED) is 0.829.